The van der Waals surface area contributed by atoms with E-state index in [9.17, 15) is 19.5 Å². The van der Waals surface area contributed by atoms with E-state index in [-0.39, 0.29) is 12.3 Å². The number of rotatable bonds is 9. The van der Waals surface area contributed by atoms with Crippen molar-refractivity contribution in [1.29, 1.82) is 0 Å². The van der Waals surface area contributed by atoms with Gasteiger partial charge in [-0.05, 0) is 29.2 Å². The van der Waals surface area contributed by atoms with Gasteiger partial charge in [0.1, 0.15) is 12.1 Å². The van der Waals surface area contributed by atoms with Crippen LogP contribution in [0.5, 0.6) is 0 Å². The number of carboxylic acids is 1. The first-order chi connectivity index (χ1) is 12.5. The molecule has 138 valence electrons. The first kappa shape index (κ1) is 20.0. The zero-order valence-electron chi connectivity index (χ0n) is 13.9. The first-order valence-electron chi connectivity index (χ1n) is 8.03. The Balaban J connectivity index is 2.03. The Labute approximate surface area is 161 Å². The number of thiol groups is 1. The summed E-state index contributed by atoms with van der Waals surface area (Å²) in [6.07, 6.45) is 0.456. The molecular formula is C18H20N2O4S2. The lowest BCUT2D eigenvalue weighted by atomic mass is 10.1. The molecule has 2 amide bonds. The van der Waals surface area contributed by atoms with Crippen LogP contribution in [0.2, 0.25) is 0 Å². The predicted octanol–water partition coefficient (Wildman–Crippen LogP) is 1.98. The third kappa shape index (κ3) is 5.89. The molecule has 1 aromatic heterocycles. The number of nitrogens with one attached hydrogen (secondary N) is 2. The van der Waals surface area contributed by atoms with Crippen LogP contribution >= 0.6 is 24.0 Å². The second kappa shape index (κ2) is 9.98. The maximum atomic E-state index is 12.5. The molecule has 0 saturated carbocycles. The first-order valence-corrected chi connectivity index (χ1v) is 9.54. The van der Waals surface area contributed by atoms with Gasteiger partial charge in [-0.3, -0.25) is 9.59 Å². The summed E-state index contributed by atoms with van der Waals surface area (Å²) in [7, 11) is 0. The molecule has 0 bridgehead atoms. The fourth-order valence-electron chi connectivity index (χ4n) is 2.36. The molecule has 26 heavy (non-hydrogen) atoms. The monoisotopic (exact) mass is 392 g/mol. The largest absolute Gasteiger partial charge is 0.480 e. The van der Waals surface area contributed by atoms with E-state index < -0.39 is 24.0 Å². The van der Waals surface area contributed by atoms with Gasteiger partial charge in [-0.25, -0.2) is 4.79 Å². The summed E-state index contributed by atoms with van der Waals surface area (Å²) in [4.78, 5) is 36.7. The Morgan fingerprint density at radius 2 is 1.77 bits per heavy atom. The number of amides is 2. The molecule has 0 fully saturated rings. The summed E-state index contributed by atoms with van der Waals surface area (Å²) < 4.78 is 0. The molecule has 0 aliphatic rings. The Morgan fingerprint density at radius 1 is 1.04 bits per heavy atom. The lowest BCUT2D eigenvalue weighted by Gasteiger charge is -2.21. The van der Waals surface area contributed by atoms with E-state index in [0.29, 0.717) is 17.1 Å². The molecule has 2 aromatic rings. The van der Waals surface area contributed by atoms with Gasteiger partial charge in [-0.1, -0.05) is 36.4 Å². The van der Waals surface area contributed by atoms with E-state index in [1.807, 2.05) is 6.07 Å². The summed E-state index contributed by atoms with van der Waals surface area (Å²) >= 11 is 5.38. The van der Waals surface area contributed by atoms with Crippen LogP contribution in [-0.2, 0) is 16.0 Å². The van der Waals surface area contributed by atoms with Crippen LogP contribution in [0.3, 0.4) is 0 Å². The van der Waals surface area contributed by atoms with Crippen LogP contribution in [0.25, 0.3) is 0 Å². The number of carboxylic acid groups (broad SMARTS) is 1. The van der Waals surface area contributed by atoms with Crippen molar-refractivity contribution in [3.8, 4) is 0 Å². The summed E-state index contributed by atoms with van der Waals surface area (Å²) in [6, 6.07) is 10.5. The number of carbonyl (C=O) groups is 3. The molecule has 0 spiro atoms. The van der Waals surface area contributed by atoms with E-state index in [0.717, 1.165) is 5.56 Å². The van der Waals surface area contributed by atoms with E-state index in [1.165, 1.54) is 11.3 Å². The summed E-state index contributed by atoms with van der Waals surface area (Å²) in [5.74, 6) is -1.65. The van der Waals surface area contributed by atoms with Gasteiger partial charge in [0.15, 0.2) is 0 Å². The minimum atomic E-state index is -1.13. The zero-order valence-corrected chi connectivity index (χ0v) is 15.6. The quantitative estimate of drug-likeness (QED) is 0.491. The molecule has 1 heterocycles. The number of thiophene rings is 1. The Kier molecular flexibility index (Phi) is 7.68. The average Bonchev–Trinajstić information content (AvgIpc) is 3.16. The van der Waals surface area contributed by atoms with Gasteiger partial charge < -0.3 is 15.7 Å². The molecular weight excluding hydrogens is 372 g/mol. The molecule has 3 N–H and O–H groups in total. The number of hydrogen-bond donors (Lipinski definition) is 4. The van der Waals surface area contributed by atoms with Crippen molar-refractivity contribution in [2.24, 2.45) is 0 Å². The lowest BCUT2D eigenvalue weighted by molar-refractivity contribution is -0.142. The van der Waals surface area contributed by atoms with Gasteiger partial charge in [0.25, 0.3) is 5.91 Å². The van der Waals surface area contributed by atoms with Crippen molar-refractivity contribution >= 4 is 41.7 Å². The van der Waals surface area contributed by atoms with Crippen molar-refractivity contribution < 1.29 is 19.5 Å². The molecule has 2 rings (SSSR count). The van der Waals surface area contributed by atoms with Gasteiger partial charge in [-0.2, -0.15) is 12.6 Å². The summed E-state index contributed by atoms with van der Waals surface area (Å²) in [6.45, 7) is 0. The summed E-state index contributed by atoms with van der Waals surface area (Å²) in [5.41, 5.74) is 0.800. The minimum Gasteiger partial charge on any atom is -0.480 e. The molecule has 2 atom stereocenters. The second-order valence-corrected chi connectivity index (χ2v) is 7.00. The summed E-state index contributed by atoms with van der Waals surface area (Å²) in [5, 5.41) is 16.3. The van der Waals surface area contributed by atoms with Crippen LogP contribution in [0, 0.1) is 0 Å². The van der Waals surface area contributed by atoms with E-state index in [4.69, 9.17) is 0 Å². The average molecular weight is 393 g/mol. The van der Waals surface area contributed by atoms with Crippen LogP contribution in [0.15, 0.2) is 47.8 Å². The maximum Gasteiger partial charge on any atom is 0.326 e. The Morgan fingerprint density at radius 3 is 2.35 bits per heavy atom. The maximum absolute atomic E-state index is 12.5. The Hall–Kier alpha value is -2.32. The second-order valence-electron chi connectivity index (χ2n) is 5.60. The highest BCUT2D eigenvalue weighted by molar-refractivity contribution is 7.80. The third-order valence-corrected chi connectivity index (χ3v) is 4.81. The smallest absolute Gasteiger partial charge is 0.326 e. The fourth-order valence-corrected chi connectivity index (χ4v) is 3.24. The highest BCUT2D eigenvalue weighted by Gasteiger charge is 2.26. The van der Waals surface area contributed by atoms with Gasteiger partial charge in [0, 0.05) is 6.42 Å². The van der Waals surface area contributed by atoms with Crippen molar-refractivity contribution in [1.82, 2.24) is 10.6 Å². The molecule has 0 radical (unpaired) electrons. The van der Waals surface area contributed by atoms with Crippen LogP contribution in [-0.4, -0.2) is 40.7 Å². The van der Waals surface area contributed by atoms with E-state index in [1.54, 1.807) is 41.8 Å². The number of hydrogen-bond acceptors (Lipinski definition) is 5. The topological polar surface area (TPSA) is 95.5 Å². The van der Waals surface area contributed by atoms with Crippen molar-refractivity contribution in [3.63, 3.8) is 0 Å². The molecule has 8 heteroatoms. The minimum absolute atomic E-state index is 0.161. The molecule has 0 saturated heterocycles. The van der Waals surface area contributed by atoms with Crippen LogP contribution < -0.4 is 10.6 Å². The molecule has 0 aliphatic carbocycles. The van der Waals surface area contributed by atoms with E-state index in [2.05, 4.69) is 23.3 Å². The van der Waals surface area contributed by atoms with E-state index >= 15 is 0 Å². The van der Waals surface area contributed by atoms with Gasteiger partial charge in [0.2, 0.25) is 5.91 Å². The fraction of sp³-hybridized carbons (Fsp3) is 0.278. The van der Waals surface area contributed by atoms with Crippen molar-refractivity contribution in [2.75, 3.05) is 5.75 Å². The molecule has 1 unspecified atom stereocenters. The number of aliphatic carboxylic acids is 1. The highest BCUT2D eigenvalue weighted by Crippen LogP contribution is 2.10. The number of benzene rings is 1. The predicted molar refractivity (Wildman–Crippen MR) is 104 cm³/mol. The molecule has 1 aromatic carbocycles. The molecule has 6 nitrogen and oxygen atoms in total. The number of carbonyl (C=O) groups excluding carboxylic acids is 2. The van der Waals surface area contributed by atoms with Crippen LogP contribution in [0.1, 0.15) is 21.7 Å². The zero-order chi connectivity index (χ0) is 18.9. The van der Waals surface area contributed by atoms with Crippen LogP contribution in [0.4, 0.5) is 0 Å². The highest BCUT2D eigenvalue weighted by atomic mass is 32.1. The third-order valence-electron chi connectivity index (χ3n) is 3.68. The standard InChI is InChI=1S/C18H20N2O4S2/c21-16(13(8-9-25)19-17(22)15-7-4-10-26-15)20-14(18(23)24)11-12-5-2-1-3-6-12/h1-7,10,13-14,25H,8-9,11H2,(H,19,22)(H,20,21)(H,23,24)/t13?,14-/m1/s1. The SMILES string of the molecule is O=C(NC(CCS)C(=O)N[C@H](Cc1ccccc1)C(=O)O)c1cccs1. The van der Waals surface area contributed by atoms with Crippen molar-refractivity contribution in [3.05, 3.63) is 58.3 Å². The lowest BCUT2D eigenvalue weighted by Crippen LogP contribution is -2.52. The Bertz CT molecular complexity index is 735. The van der Waals surface area contributed by atoms with Crippen molar-refractivity contribution in [2.45, 2.75) is 24.9 Å². The molecule has 0 aliphatic heterocycles. The van der Waals surface area contributed by atoms with Gasteiger partial charge in [-0.15, -0.1) is 11.3 Å². The van der Waals surface area contributed by atoms with Gasteiger partial charge >= 0.3 is 5.97 Å². The van der Waals surface area contributed by atoms with Gasteiger partial charge in [0.05, 0.1) is 4.88 Å². The normalized spacial score (nSPS) is 12.8.